The number of rotatable bonds is 7. The van der Waals surface area contributed by atoms with Crippen LogP contribution in [-0.2, 0) is 14.3 Å². The Morgan fingerprint density at radius 2 is 2.15 bits per heavy atom. The predicted octanol–water partition coefficient (Wildman–Crippen LogP) is 0.564. The van der Waals surface area contributed by atoms with Gasteiger partial charge in [-0.2, -0.15) is 0 Å². The molecule has 0 fully saturated rings. The minimum Gasteiger partial charge on any atom is -0.379 e. The molecule has 4 heteroatoms. The van der Waals surface area contributed by atoms with Gasteiger partial charge in [0.15, 0.2) is 0 Å². The van der Waals surface area contributed by atoms with Crippen molar-refractivity contribution in [2.75, 3.05) is 26.9 Å². The minimum absolute atomic E-state index is 0.0768. The molecule has 13 heavy (non-hydrogen) atoms. The van der Waals surface area contributed by atoms with Crippen molar-refractivity contribution < 1.29 is 14.3 Å². The van der Waals surface area contributed by atoms with Gasteiger partial charge < -0.3 is 14.8 Å². The summed E-state index contributed by atoms with van der Waals surface area (Å²) >= 11 is 0. The Balaban J connectivity index is 3.11. The molecule has 0 bridgehead atoms. The summed E-state index contributed by atoms with van der Waals surface area (Å²) in [7, 11) is 1.50. The Hall–Kier alpha value is -0.610. The van der Waals surface area contributed by atoms with E-state index in [1.54, 1.807) is 0 Å². The third-order valence-electron chi connectivity index (χ3n) is 1.37. The van der Waals surface area contributed by atoms with E-state index >= 15 is 0 Å². The van der Waals surface area contributed by atoms with Gasteiger partial charge >= 0.3 is 0 Å². The van der Waals surface area contributed by atoms with Crippen molar-refractivity contribution in [1.82, 2.24) is 5.32 Å². The van der Waals surface area contributed by atoms with Crippen LogP contribution in [0.1, 0.15) is 20.3 Å². The zero-order valence-corrected chi connectivity index (χ0v) is 8.63. The van der Waals surface area contributed by atoms with Crippen LogP contribution in [0.15, 0.2) is 0 Å². The number of hydrogen-bond donors (Lipinski definition) is 1. The molecule has 1 N–H and O–H groups in total. The molecule has 0 aromatic heterocycles. The van der Waals surface area contributed by atoms with Crippen LogP contribution in [-0.4, -0.2) is 38.9 Å². The molecule has 4 nitrogen and oxygen atoms in total. The zero-order valence-electron chi connectivity index (χ0n) is 8.63. The van der Waals surface area contributed by atoms with E-state index in [1.165, 1.54) is 7.11 Å². The summed E-state index contributed by atoms with van der Waals surface area (Å²) in [6.45, 7) is 5.44. The number of nitrogens with one attached hydrogen (secondary N) is 1. The van der Waals surface area contributed by atoms with E-state index in [-0.39, 0.29) is 18.6 Å². The Morgan fingerprint density at radius 1 is 1.46 bits per heavy atom. The van der Waals surface area contributed by atoms with Crippen molar-refractivity contribution in [2.24, 2.45) is 0 Å². The molecule has 0 saturated carbocycles. The lowest BCUT2D eigenvalue weighted by atomic mass is 10.4. The molecule has 0 spiro atoms. The van der Waals surface area contributed by atoms with Gasteiger partial charge in [-0.1, -0.05) is 0 Å². The molecule has 0 heterocycles. The summed E-state index contributed by atoms with van der Waals surface area (Å²) in [6, 6.07) is 0. The quantitative estimate of drug-likeness (QED) is 0.595. The van der Waals surface area contributed by atoms with Gasteiger partial charge in [0.2, 0.25) is 5.91 Å². The molecule has 0 unspecified atom stereocenters. The summed E-state index contributed by atoms with van der Waals surface area (Å²) in [5.41, 5.74) is 0. The van der Waals surface area contributed by atoms with Crippen LogP contribution in [0.3, 0.4) is 0 Å². The number of carbonyl (C=O) groups excluding carboxylic acids is 1. The summed E-state index contributed by atoms with van der Waals surface area (Å²) in [5, 5.41) is 2.71. The lowest BCUT2D eigenvalue weighted by molar-refractivity contribution is -0.124. The van der Waals surface area contributed by atoms with Crippen molar-refractivity contribution >= 4 is 5.91 Å². The maximum atomic E-state index is 10.9. The molecule has 0 aliphatic rings. The van der Waals surface area contributed by atoms with Crippen molar-refractivity contribution in [1.29, 1.82) is 0 Å². The third-order valence-corrected chi connectivity index (χ3v) is 1.37. The first kappa shape index (κ1) is 12.4. The summed E-state index contributed by atoms with van der Waals surface area (Å²) in [6.07, 6.45) is 1.10. The molecule has 0 rings (SSSR count). The fourth-order valence-corrected chi connectivity index (χ4v) is 0.801. The molecule has 0 aromatic rings. The van der Waals surface area contributed by atoms with Gasteiger partial charge in [-0.05, 0) is 20.3 Å². The molecule has 0 atom stereocenters. The van der Waals surface area contributed by atoms with Crippen LogP contribution >= 0.6 is 0 Å². The monoisotopic (exact) mass is 189 g/mol. The van der Waals surface area contributed by atoms with Gasteiger partial charge in [0, 0.05) is 20.3 Å². The summed E-state index contributed by atoms with van der Waals surface area (Å²) < 4.78 is 9.96. The zero-order chi connectivity index (χ0) is 10.1. The molecule has 1 amide bonds. The van der Waals surface area contributed by atoms with Crippen molar-refractivity contribution in [3.05, 3.63) is 0 Å². The van der Waals surface area contributed by atoms with E-state index < -0.39 is 0 Å². The van der Waals surface area contributed by atoms with Gasteiger partial charge in [-0.3, -0.25) is 4.79 Å². The molecule has 78 valence electrons. The second-order valence-corrected chi connectivity index (χ2v) is 3.06. The highest BCUT2D eigenvalue weighted by atomic mass is 16.5. The second kappa shape index (κ2) is 8.01. The molecular weight excluding hydrogens is 170 g/mol. The maximum absolute atomic E-state index is 10.9. The average molecular weight is 189 g/mol. The van der Waals surface area contributed by atoms with E-state index in [2.05, 4.69) is 10.1 Å². The highest BCUT2D eigenvalue weighted by Gasteiger charge is 1.98. The van der Waals surface area contributed by atoms with E-state index in [0.29, 0.717) is 13.2 Å². The van der Waals surface area contributed by atoms with E-state index in [0.717, 1.165) is 6.42 Å². The first-order valence-corrected chi connectivity index (χ1v) is 4.54. The van der Waals surface area contributed by atoms with Gasteiger partial charge in [0.1, 0.15) is 6.61 Å². The lowest BCUT2D eigenvalue weighted by Gasteiger charge is -2.07. The molecule has 0 aliphatic heterocycles. The van der Waals surface area contributed by atoms with E-state index in [9.17, 15) is 4.79 Å². The number of hydrogen-bond acceptors (Lipinski definition) is 3. The number of amides is 1. The third kappa shape index (κ3) is 9.30. The molecule has 0 saturated heterocycles. The summed E-state index contributed by atoms with van der Waals surface area (Å²) in [5.74, 6) is -0.0768. The van der Waals surface area contributed by atoms with E-state index in [1.807, 2.05) is 13.8 Å². The Morgan fingerprint density at radius 3 is 2.69 bits per heavy atom. The van der Waals surface area contributed by atoms with Crippen molar-refractivity contribution in [3.63, 3.8) is 0 Å². The van der Waals surface area contributed by atoms with E-state index in [4.69, 9.17) is 4.74 Å². The van der Waals surface area contributed by atoms with Crippen LogP contribution < -0.4 is 5.32 Å². The van der Waals surface area contributed by atoms with Crippen LogP contribution in [0.25, 0.3) is 0 Å². The maximum Gasteiger partial charge on any atom is 0.245 e. The lowest BCUT2D eigenvalue weighted by Crippen LogP contribution is -2.28. The first-order valence-electron chi connectivity index (χ1n) is 4.54. The second-order valence-electron chi connectivity index (χ2n) is 3.06. The number of methoxy groups -OCH3 is 1. The smallest absolute Gasteiger partial charge is 0.245 e. The Labute approximate surface area is 79.6 Å². The van der Waals surface area contributed by atoms with Crippen LogP contribution in [0, 0.1) is 0 Å². The van der Waals surface area contributed by atoms with Crippen LogP contribution in [0.2, 0.25) is 0 Å². The normalized spacial score (nSPS) is 10.5. The fourth-order valence-electron chi connectivity index (χ4n) is 0.801. The van der Waals surface area contributed by atoms with Gasteiger partial charge in [0.05, 0.1) is 6.10 Å². The Bertz CT molecular complexity index is 137. The van der Waals surface area contributed by atoms with Gasteiger partial charge in [-0.25, -0.2) is 0 Å². The largest absolute Gasteiger partial charge is 0.379 e. The standard InChI is InChI=1S/C9H19NO3/c1-8(2)13-6-4-5-10-9(11)7-12-3/h8H,4-7H2,1-3H3,(H,10,11). The van der Waals surface area contributed by atoms with Crippen LogP contribution in [0.4, 0.5) is 0 Å². The molecule has 0 aliphatic carbocycles. The highest BCUT2D eigenvalue weighted by molar-refractivity contribution is 5.77. The van der Waals surface area contributed by atoms with Crippen LogP contribution in [0.5, 0.6) is 0 Å². The van der Waals surface area contributed by atoms with Gasteiger partial charge in [-0.15, -0.1) is 0 Å². The number of carbonyl (C=O) groups is 1. The molecular formula is C9H19NO3. The Kier molecular flexibility index (Phi) is 7.63. The topological polar surface area (TPSA) is 47.6 Å². The first-order chi connectivity index (χ1) is 6.16. The summed E-state index contributed by atoms with van der Waals surface area (Å²) in [4.78, 5) is 10.9. The fraction of sp³-hybridized carbons (Fsp3) is 0.889. The molecule has 0 radical (unpaired) electrons. The van der Waals surface area contributed by atoms with Gasteiger partial charge in [0.25, 0.3) is 0 Å². The highest BCUT2D eigenvalue weighted by Crippen LogP contribution is 1.88. The van der Waals surface area contributed by atoms with Crippen molar-refractivity contribution in [3.8, 4) is 0 Å². The molecule has 0 aromatic carbocycles. The minimum atomic E-state index is -0.0768. The predicted molar refractivity (Wildman–Crippen MR) is 50.6 cm³/mol. The van der Waals surface area contributed by atoms with Crippen molar-refractivity contribution in [2.45, 2.75) is 26.4 Å². The SMILES string of the molecule is COCC(=O)NCCCOC(C)C. The average Bonchev–Trinajstić information content (AvgIpc) is 2.03. The number of ether oxygens (including phenoxy) is 2.